The SMILES string of the molecule is Cc1nc(NCc2ccco2)cc(N(C)CCc2ccncc2)n1. The highest BCUT2D eigenvalue weighted by Gasteiger charge is 2.07. The van der Waals surface area contributed by atoms with E-state index < -0.39 is 0 Å². The summed E-state index contributed by atoms with van der Waals surface area (Å²) in [5, 5.41) is 3.28. The lowest BCUT2D eigenvalue weighted by molar-refractivity contribution is 0.517. The van der Waals surface area contributed by atoms with Gasteiger partial charge in [-0.15, -0.1) is 0 Å². The molecule has 24 heavy (non-hydrogen) atoms. The molecule has 0 saturated heterocycles. The van der Waals surface area contributed by atoms with Crippen molar-refractivity contribution in [3.63, 3.8) is 0 Å². The fraction of sp³-hybridized carbons (Fsp3) is 0.278. The molecule has 0 aliphatic carbocycles. The maximum absolute atomic E-state index is 5.33. The van der Waals surface area contributed by atoms with Gasteiger partial charge in [0.1, 0.15) is 23.2 Å². The van der Waals surface area contributed by atoms with Crippen molar-refractivity contribution in [1.82, 2.24) is 15.0 Å². The molecule has 0 aliphatic rings. The van der Waals surface area contributed by atoms with Crippen LogP contribution in [0, 0.1) is 6.92 Å². The Morgan fingerprint density at radius 3 is 2.75 bits per heavy atom. The first-order valence-corrected chi connectivity index (χ1v) is 7.93. The second-order valence-electron chi connectivity index (χ2n) is 5.62. The minimum atomic E-state index is 0.601. The summed E-state index contributed by atoms with van der Waals surface area (Å²) in [6.45, 7) is 3.37. The largest absolute Gasteiger partial charge is 0.467 e. The van der Waals surface area contributed by atoms with Gasteiger partial charge in [0.25, 0.3) is 0 Å². The van der Waals surface area contributed by atoms with E-state index in [1.807, 2.05) is 56.7 Å². The molecule has 3 aromatic heterocycles. The van der Waals surface area contributed by atoms with Gasteiger partial charge >= 0.3 is 0 Å². The van der Waals surface area contributed by atoms with Crippen LogP contribution in [-0.2, 0) is 13.0 Å². The van der Waals surface area contributed by atoms with Crippen molar-refractivity contribution in [2.45, 2.75) is 19.9 Å². The van der Waals surface area contributed by atoms with Crippen molar-refractivity contribution in [1.29, 1.82) is 0 Å². The number of hydrogen-bond acceptors (Lipinski definition) is 6. The second kappa shape index (κ2) is 7.59. The first kappa shape index (κ1) is 16.0. The summed E-state index contributed by atoms with van der Waals surface area (Å²) in [6, 6.07) is 9.84. The van der Waals surface area contributed by atoms with Gasteiger partial charge in [-0.2, -0.15) is 0 Å². The maximum atomic E-state index is 5.33. The number of nitrogens with one attached hydrogen (secondary N) is 1. The number of aryl methyl sites for hydroxylation is 1. The summed E-state index contributed by atoms with van der Waals surface area (Å²) in [7, 11) is 2.04. The zero-order valence-electron chi connectivity index (χ0n) is 13.9. The Bertz CT molecular complexity index is 758. The lowest BCUT2D eigenvalue weighted by Gasteiger charge is -2.19. The summed E-state index contributed by atoms with van der Waals surface area (Å²) < 4.78 is 5.33. The van der Waals surface area contributed by atoms with Gasteiger partial charge < -0.3 is 14.6 Å². The Morgan fingerprint density at radius 1 is 1.17 bits per heavy atom. The molecule has 0 amide bonds. The molecule has 0 radical (unpaired) electrons. The van der Waals surface area contributed by atoms with Crippen LogP contribution in [0.4, 0.5) is 11.6 Å². The van der Waals surface area contributed by atoms with Crippen molar-refractivity contribution in [3.05, 3.63) is 66.1 Å². The van der Waals surface area contributed by atoms with Gasteiger partial charge in [-0.25, -0.2) is 9.97 Å². The Labute approximate surface area is 141 Å². The average Bonchev–Trinajstić information content (AvgIpc) is 3.12. The molecule has 0 aromatic carbocycles. The number of aromatic nitrogens is 3. The molecular formula is C18H21N5O. The van der Waals surface area contributed by atoms with Gasteiger partial charge in [-0.3, -0.25) is 4.98 Å². The van der Waals surface area contributed by atoms with Crippen molar-refractivity contribution in [2.24, 2.45) is 0 Å². The molecule has 3 rings (SSSR count). The molecule has 0 aliphatic heterocycles. The lowest BCUT2D eigenvalue weighted by atomic mass is 10.2. The first-order valence-electron chi connectivity index (χ1n) is 7.93. The van der Waals surface area contributed by atoms with Crippen LogP contribution in [0.1, 0.15) is 17.1 Å². The molecule has 0 saturated carbocycles. The monoisotopic (exact) mass is 323 g/mol. The maximum Gasteiger partial charge on any atom is 0.134 e. The number of nitrogens with zero attached hydrogens (tertiary/aromatic N) is 4. The Morgan fingerprint density at radius 2 is 2.00 bits per heavy atom. The molecule has 3 aromatic rings. The highest BCUT2D eigenvalue weighted by atomic mass is 16.3. The summed E-state index contributed by atoms with van der Waals surface area (Å²) in [4.78, 5) is 15.1. The molecule has 0 spiro atoms. The van der Waals surface area contributed by atoms with E-state index in [-0.39, 0.29) is 0 Å². The molecule has 0 unspecified atom stereocenters. The lowest BCUT2D eigenvalue weighted by Crippen LogP contribution is -2.22. The third-order valence-corrected chi connectivity index (χ3v) is 3.72. The quantitative estimate of drug-likeness (QED) is 0.721. The molecule has 3 heterocycles. The van der Waals surface area contributed by atoms with Gasteiger partial charge in [-0.05, 0) is 43.2 Å². The number of anilines is 2. The van der Waals surface area contributed by atoms with Crippen LogP contribution < -0.4 is 10.2 Å². The Balaban J connectivity index is 1.63. The standard InChI is InChI=1S/C18H21N5O/c1-14-21-17(20-13-16-4-3-11-24-16)12-18(22-14)23(2)10-7-15-5-8-19-9-6-15/h3-6,8-9,11-12H,7,10,13H2,1-2H3,(H,20,21,22). The predicted molar refractivity (Wildman–Crippen MR) is 94.0 cm³/mol. The van der Waals surface area contributed by atoms with Crippen molar-refractivity contribution >= 4 is 11.6 Å². The van der Waals surface area contributed by atoms with Crippen molar-refractivity contribution in [3.8, 4) is 0 Å². The number of pyridine rings is 1. The fourth-order valence-corrected chi connectivity index (χ4v) is 2.39. The minimum absolute atomic E-state index is 0.601. The molecular weight excluding hydrogens is 302 g/mol. The van der Waals surface area contributed by atoms with E-state index in [2.05, 4.69) is 25.2 Å². The van der Waals surface area contributed by atoms with Crippen LogP contribution in [-0.4, -0.2) is 28.5 Å². The Hall–Kier alpha value is -2.89. The first-order chi connectivity index (χ1) is 11.7. The summed E-state index contributed by atoms with van der Waals surface area (Å²) in [5.74, 6) is 3.31. The molecule has 0 fully saturated rings. The van der Waals surface area contributed by atoms with E-state index in [0.717, 1.165) is 36.2 Å². The van der Waals surface area contributed by atoms with E-state index >= 15 is 0 Å². The molecule has 0 atom stereocenters. The van der Waals surface area contributed by atoms with E-state index in [9.17, 15) is 0 Å². The minimum Gasteiger partial charge on any atom is -0.467 e. The van der Waals surface area contributed by atoms with Crippen LogP contribution in [0.5, 0.6) is 0 Å². The summed E-state index contributed by atoms with van der Waals surface area (Å²) >= 11 is 0. The van der Waals surface area contributed by atoms with Gasteiger partial charge in [0.2, 0.25) is 0 Å². The summed E-state index contributed by atoms with van der Waals surface area (Å²) in [6.07, 6.45) is 6.25. The van der Waals surface area contributed by atoms with Gasteiger partial charge in [0.15, 0.2) is 0 Å². The van der Waals surface area contributed by atoms with E-state index in [4.69, 9.17) is 4.42 Å². The van der Waals surface area contributed by atoms with Gasteiger partial charge in [-0.1, -0.05) is 0 Å². The molecule has 124 valence electrons. The third kappa shape index (κ3) is 4.32. The van der Waals surface area contributed by atoms with E-state index in [1.54, 1.807) is 6.26 Å². The normalized spacial score (nSPS) is 10.6. The molecule has 0 bridgehead atoms. The van der Waals surface area contributed by atoms with E-state index in [0.29, 0.717) is 6.54 Å². The van der Waals surface area contributed by atoms with Crippen LogP contribution >= 0.6 is 0 Å². The van der Waals surface area contributed by atoms with Crippen molar-refractivity contribution in [2.75, 3.05) is 23.8 Å². The second-order valence-corrected chi connectivity index (χ2v) is 5.62. The predicted octanol–water partition coefficient (Wildman–Crippen LogP) is 3.06. The van der Waals surface area contributed by atoms with Crippen LogP contribution in [0.2, 0.25) is 0 Å². The highest BCUT2D eigenvalue weighted by molar-refractivity contribution is 5.49. The fourth-order valence-electron chi connectivity index (χ4n) is 2.39. The van der Waals surface area contributed by atoms with Gasteiger partial charge in [0.05, 0.1) is 12.8 Å². The number of hydrogen-bond donors (Lipinski definition) is 1. The Kier molecular flexibility index (Phi) is 5.05. The topological polar surface area (TPSA) is 67.1 Å². The zero-order valence-corrected chi connectivity index (χ0v) is 13.9. The number of rotatable bonds is 7. The summed E-state index contributed by atoms with van der Waals surface area (Å²) in [5.41, 5.74) is 1.26. The average molecular weight is 323 g/mol. The van der Waals surface area contributed by atoms with Crippen LogP contribution in [0.25, 0.3) is 0 Å². The van der Waals surface area contributed by atoms with E-state index in [1.165, 1.54) is 5.56 Å². The molecule has 6 heteroatoms. The molecule has 1 N–H and O–H groups in total. The third-order valence-electron chi connectivity index (χ3n) is 3.72. The molecule has 6 nitrogen and oxygen atoms in total. The van der Waals surface area contributed by atoms with Crippen LogP contribution in [0.15, 0.2) is 53.4 Å². The number of likely N-dealkylation sites (N-methyl/N-ethyl adjacent to an activating group) is 1. The highest BCUT2D eigenvalue weighted by Crippen LogP contribution is 2.16. The zero-order chi connectivity index (χ0) is 16.8. The van der Waals surface area contributed by atoms with Crippen molar-refractivity contribution < 1.29 is 4.42 Å². The van der Waals surface area contributed by atoms with Gasteiger partial charge in [0, 0.05) is 32.1 Å². The van der Waals surface area contributed by atoms with Crippen LogP contribution in [0.3, 0.4) is 0 Å². The smallest absolute Gasteiger partial charge is 0.134 e. The number of furan rings is 1.